The number of fused-ring (bicyclic) bond motifs is 10. The number of hydrogen-bond donors (Lipinski definition) is 0. The summed E-state index contributed by atoms with van der Waals surface area (Å²) in [5.74, 6) is 0. The fraction of sp³-hybridized carbons (Fsp3) is 0.140. The van der Waals surface area contributed by atoms with Crippen molar-refractivity contribution in [1.29, 1.82) is 0 Å². The van der Waals surface area contributed by atoms with Crippen molar-refractivity contribution in [1.82, 2.24) is 9.13 Å². The van der Waals surface area contributed by atoms with Crippen molar-refractivity contribution < 1.29 is 28.1 Å². The molecule has 4 nitrogen and oxygen atoms in total. The number of carbonyl (C=O) groups excluding carboxylic acids is 1. The van der Waals surface area contributed by atoms with Crippen LogP contribution in [0.15, 0.2) is 152 Å². The summed E-state index contributed by atoms with van der Waals surface area (Å²) in [5.41, 5.74) is 16.7. The standard InChI is InChI=1S/C42H32N2.C8H7O2.V/c1-41(2)31-13-5-7-17-37(31)43-35-21-19-25(23-29(35)27-11-9-15-33(41)39(27)43)26-20-22-36-30(24-26)28-12-10-16-34-40(28)44(36)38-18-8-6-14-32(38)42(34,3)4;9-7-10-6-8-4-2-1-3-5-8;/h5-24H,1-4H3;1-5H,6H2;/q;-1;. The molecule has 5 heteroatoms. The molecular formula is C50H39N2O2V-. The van der Waals surface area contributed by atoms with E-state index in [4.69, 9.17) is 0 Å². The Morgan fingerprint density at radius 3 is 1.40 bits per heavy atom. The molecule has 0 saturated heterocycles. The van der Waals surface area contributed by atoms with Crippen LogP contribution in [0.4, 0.5) is 0 Å². The normalized spacial score (nSPS) is 14.1. The van der Waals surface area contributed by atoms with E-state index < -0.39 is 0 Å². The van der Waals surface area contributed by atoms with Gasteiger partial charge in [-0.25, -0.2) is 0 Å². The average Bonchev–Trinajstić information content (AvgIpc) is 3.72. The zero-order valence-corrected chi connectivity index (χ0v) is 32.7. The summed E-state index contributed by atoms with van der Waals surface area (Å²) in [6.45, 7) is 11.1. The van der Waals surface area contributed by atoms with Crippen LogP contribution in [0.5, 0.6) is 0 Å². The minimum Gasteiger partial charge on any atom is -0.650 e. The molecule has 2 aliphatic heterocycles. The quantitative estimate of drug-likeness (QED) is 0.168. The fourth-order valence-electron chi connectivity index (χ4n) is 9.38. The molecule has 0 aliphatic carbocycles. The topological polar surface area (TPSA) is 36.2 Å². The Bertz CT molecular complexity index is 2790. The molecule has 0 amide bonds. The van der Waals surface area contributed by atoms with Crippen molar-refractivity contribution >= 4 is 50.1 Å². The van der Waals surface area contributed by atoms with Crippen LogP contribution in [-0.2, 0) is 45.5 Å². The summed E-state index contributed by atoms with van der Waals surface area (Å²) < 4.78 is 9.41. The van der Waals surface area contributed by atoms with Gasteiger partial charge in [-0.15, -0.1) is 0 Å². The maximum Gasteiger partial charge on any atom is 0.0745 e. The number of ether oxygens (including phenoxy) is 1. The first-order chi connectivity index (χ1) is 26.3. The monoisotopic (exact) mass is 750 g/mol. The van der Waals surface area contributed by atoms with E-state index in [2.05, 4.69) is 163 Å². The molecule has 0 fully saturated rings. The molecule has 4 heterocycles. The van der Waals surface area contributed by atoms with Crippen LogP contribution >= 0.6 is 0 Å². The molecule has 2 aliphatic rings. The summed E-state index contributed by atoms with van der Waals surface area (Å²) in [5, 5.41) is 5.28. The number of nitrogens with zero attached hydrogens (tertiary/aromatic N) is 2. The Morgan fingerprint density at radius 2 is 0.927 bits per heavy atom. The number of benzene rings is 7. The van der Waals surface area contributed by atoms with Gasteiger partial charge in [0.1, 0.15) is 0 Å². The molecule has 0 saturated carbocycles. The van der Waals surface area contributed by atoms with Crippen LogP contribution < -0.4 is 0 Å². The first kappa shape index (κ1) is 34.9. The molecule has 0 bridgehead atoms. The van der Waals surface area contributed by atoms with Gasteiger partial charge in [0.2, 0.25) is 0 Å². The van der Waals surface area contributed by atoms with Crippen LogP contribution in [0.3, 0.4) is 0 Å². The third-order valence-electron chi connectivity index (χ3n) is 12.0. The Labute approximate surface area is 332 Å². The van der Waals surface area contributed by atoms with Crippen LogP contribution in [0.1, 0.15) is 55.5 Å². The summed E-state index contributed by atoms with van der Waals surface area (Å²) in [6.07, 6.45) is 0. The number of para-hydroxylation sites is 4. The largest absolute Gasteiger partial charge is 0.650 e. The van der Waals surface area contributed by atoms with Crippen LogP contribution in [0.25, 0.3) is 66.1 Å². The second kappa shape index (κ2) is 12.9. The summed E-state index contributed by atoms with van der Waals surface area (Å²) in [4.78, 5) is 9.63. The Kier molecular flexibility index (Phi) is 8.20. The molecule has 7 aromatic carbocycles. The molecular weight excluding hydrogens is 712 g/mol. The molecule has 9 aromatic rings. The summed E-state index contributed by atoms with van der Waals surface area (Å²) >= 11 is 0. The van der Waals surface area contributed by atoms with Crippen LogP contribution in [0.2, 0.25) is 0 Å². The van der Waals surface area contributed by atoms with Crippen LogP contribution in [-0.4, -0.2) is 15.6 Å². The van der Waals surface area contributed by atoms with E-state index in [1.54, 1.807) is 0 Å². The first-order valence-electron chi connectivity index (χ1n) is 18.7. The molecule has 267 valence electrons. The Balaban J connectivity index is 0.000000318. The maximum atomic E-state index is 9.63. The minimum atomic E-state index is -0.0572. The number of aromatic nitrogens is 2. The van der Waals surface area contributed by atoms with Gasteiger partial charge in [0, 0.05) is 50.9 Å². The van der Waals surface area contributed by atoms with E-state index in [-0.39, 0.29) is 29.4 Å². The number of rotatable bonds is 4. The van der Waals surface area contributed by atoms with Gasteiger partial charge in [-0.2, -0.15) is 0 Å². The average molecular weight is 751 g/mol. The van der Waals surface area contributed by atoms with Gasteiger partial charge < -0.3 is 18.7 Å². The maximum absolute atomic E-state index is 9.63. The molecule has 0 atom stereocenters. The molecule has 0 spiro atoms. The van der Waals surface area contributed by atoms with Gasteiger partial charge in [0.15, 0.2) is 0 Å². The predicted molar refractivity (Wildman–Crippen MR) is 222 cm³/mol. The van der Waals surface area contributed by atoms with E-state index >= 15 is 0 Å². The van der Waals surface area contributed by atoms with E-state index in [0.29, 0.717) is 6.61 Å². The zero-order valence-electron chi connectivity index (χ0n) is 31.3. The SMILES string of the molecule is CC1(C)c2ccccc2-n2c3ccc(-c4ccc5c(c4)c4cccc6c4n5-c4ccccc4C6(C)C)cc3c3cccc1c32.O=[C-]OCc1ccccc1.[V]. The van der Waals surface area contributed by atoms with E-state index in [1.807, 2.05) is 30.3 Å². The van der Waals surface area contributed by atoms with E-state index in [9.17, 15) is 4.79 Å². The molecule has 11 rings (SSSR count). The Hall–Kier alpha value is -5.81. The number of hydrogen-bond acceptors (Lipinski definition) is 2. The van der Waals surface area contributed by atoms with Crippen molar-refractivity contribution in [2.75, 3.05) is 0 Å². The van der Waals surface area contributed by atoms with Gasteiger partial charge in [-0.1, -0.05) is 149 Å². The molecule has 0 N–H and O–H groups in total. The third kappa shape index (κ3) is 5.09. The molecule has 1 radical (unpaired) electrons. The predicted octanol–water partition coefficient (Wildman–Crippen LogP) is 12.1. The second-order valence-electron chi connectivity index (χ2n) is 15.7. The smallest absolute Gasteiger partial charge is 0.0745 e. The Morgan fingerprint density at radius 1 is 0.491 bits per heavy atom. The molecule has 55 heavy (non-hydrogen) atoms. The van der Waals surface area contributed by atoms with Gasteiger partial charge in [-0.3, -0.25) is 0 Å². The molecule has 0 unspecified atom stereocenters. The zero-order chi connectivity index (χ0) is 36.8. The third-order valence-corrected chi connectivity index (χ3v) is 12.0. The fourth-order valence-corrected chi connectivity index (χ4v) is 9.38. The van der Waals surface area contributed by atoms with Crippen molar-refractivity contribution in [3.8, 4) is 22.5 Å². The van der Waals surface area contributed by atoms with Gasteiger partial charge >= 0.3 is 0 Å². The van der Waals surface area contributed by atoms with E-state index in [0.717, 1.165) is 5.56 Å². The molecule has 2 aromatic heterocycles. The van der Waals surface area contributed by atoms with Gasteiger partial charge in [0.25, 0.3) is 0 Å². The van der Waals surface area contributed by atoms with E-state index in [1.165, 1.54) is 94.8 Å². The summed E-state index contributed by atoms with van der Waals surface area (Å²) in [6, 6.07) is 55.2. The summed E-state index contributed by atoms with van der Waals surface area (Å²) in [7, 11) is 0. The van der Waals surface area contributed by atoms with Crippen molar-refractivity contribution in [3.05, 3.63) is 179 Å². The van der Waals surface area contributed by atoms with Crippen LogP contribution in [0, 0.1) is 0 Å². The van der Waals surface area contributed by atoms with Gasteiger partial charge in [0.05, 0.1) is 40.0 Å². The van der Waals surface area contributed by atoms with Crippen molar-refractivity contribution in [3.63, 3.8) is 0 Å². The minimum absolute atomic E-state index is 0. The van der Waals surface area contributed by atoms with Crippen molar-refractivity contribution in [2.45, 2.75) is 45.1 Å². The van der Waals surface area contributed by atoms with Gasteiger partial charge in [-0.05, 0) is 75.3 Å². The second-order valence-corrected chi connectivity index (χ2v) is 15.7. The first-order valence-corrected chi connectivity index (χ1v) is 18.7. The van der Waals surface area contributed by atoms with Crippen molar-refractivity contribution in [2.24, 2.45) is 0 Å².